The van der Waals surface area contributed by atoms with Crippen LogP contribution in [0, 0.1) is 23.3 Å². The summed E-state index contributed by atoms with van der Waals surface area (Å²) in [7, 11) is 0. The molecule has 1 saturated heterocycles. The average molecular weight is 773 g/mol. The van der Waals surface area contributed by atoms with Crippen LogP contribution in [0.25, 0.3) is 0 Å². The molecule has 2 aromatic carbocycles. The van der Waals surface area contributed by atoms with E-state index in [1.165, 1.54) is 18.3 Å². The van der Waals surface area contributed by atoms with Gasteiger partial charge in [-0.05, 0) is 74.3 Å². The summed E-state index contributed by atoms with van der Waals surface area (Å²) in [5, 5.41) is 10.3. The molecule has 0 saturated carbocycles. The van der Waals surface area contributed by atoms with E-state index in [4.69, 9.17) is 10.5 Å². The number of pyridine rings is 2. The van der Waals surface area contributed by atoms with E-state index in [1.807, 2.05) is 0 Å². The highest BCUT2D eigenvalue weighted by Gasteiger charge is 2.68. The Morgan fingerprint density at radius 3 is 1.69 bits per heavy atom. The van der Waals surface area contributed by atoms with Crippen molar-refractivity contribution in [2.75, 3.05) is 13.2 Å². The summed E-state index contributed by atoms with van der Waals surface area (Å²) >= 11 is 6.15. The Labute approximate surface area is 270 Å². The number of rotatable bonds is 7. The Bertz CT molecular complexity index is 1610. The Morgan fingerprint density at radius 2 is 1.27 bits per heavy atom. The van der Waals surface area contributed by atoms with E-state index in [9.17, 15) is 40.2 Å². The molecule has 1 aliphatic rings. The first-order valence-electron chi connectivity index (χ1n) is 12.1. The van der Waals surface area contributed by atoms with Crippen molar-refractivity contribution >= 4 is 31.9 Å². The zero-order chi connectivity index (χ0) is 31.8. The number of alkyl halides is 4. The predicted octanol–water partition coefficient (Wildman–Crippen LogP) is 8.47. The fourth-order valence-corrected chi connectivity index (χ4v) is 4.64. The first-order chi connectivity index (χ1) is 20.1. The fraction of sp³-hybridized carbons (Fsp3) is 0.267. The number of nitrogens with zero attached hydrogens (tertiary/aromatic N) is 2. The molecule has 5 nitrogen and oxygen atoms in total. The van der Waals surface area contributed by atoms with Crippen molar-refractivity contribution in [3.63, 3.8) is 0 Å². The van der Waals surface area contributed by atoms with Gasteiger partial charge in [0.05, 0.1) is 6.61 Å². The third-order valence-electron chi connectivity index (χ3n) is 6.60. The monoisotopic (exact) mass is 771 g/mol. The zero-order valence-electron chi connectivity index (χ0n) is 21.4. The van der Waals surface area contributed by atoms with Gasteiger partial charge >= 0.3 is 11.8 Å². The molecular formula is C30H27Br2F8N3O2. The molecule has 1 fully saturated rings. The highest BCUT2D eigenvalue weighted by Crippen LogP contribution is 2.56. The number of halogens is 10. The van der Waals surface area contributed by atoms with Crippen LogP contribution in [0.2, 0.25) is 0 Å². The molecule has 3 N–H and O–H groups in total. The maximum absolute atomic E-state index is 14.6. The van der Waals surface area contributed by atoms with Crippen LogP contribution in [0.1, 0.15) is 37.4 Å². The maximum Gasteiger partial charge on any atom is 0.324 e. The van der Waals surface area contributed by atoms with E-state index >= 15 is 0 Å². The molecule has 0 radical (unpaired) electrons. The Kier molecular flexibility index (Phi) is 12.1. The van der Waals surface area contributed by atoms with E-state index in [0.717, 1.165) is 42.6 Å². The molecule has 2 unspecified atom stereocenters. The Hall–Kier alpha value is -2.98. The van der Waals surface area contributed by atoms with Crippen LogP contribution < -0.4 is 5.73 Å². The molecule has 0 spiro atoms. The van der Waals surface area contributed by atoms with Crippen molar-refractivity contribution in [3.05, 3.63) is 128 Å². The van der Waals surface area contributed by atoms with E-state index < -0.39 is 69.8 Å². The summed E-state index contributed by atoms with van der Waals surface area (Å²) in [6.07, 6.45) is 2.33. The van der Waals surface area contributed by atoms with Gasteiger partial charge in [0.25, 0.3) is 0 Å². The van der Waals surface area contributed by atoms with Crippen molar-refractivity contribution in [1.82, 2.24) is 9.97 Å². The molecule has 2 aromatic heterocycles. The van der Waals surface area contributed by atoms with Gasteiger partial charge in [-0.3, -0.25) is 9.97 Å². The number of ether oxygens (including phenoxy) is 1. The number of benzene rings is 2. The van der Waals surface area contributed by atoms with Gasteiger partial charge in [-0.25, -0.2) is 17.6 Å². The van der Waals surface area contributed by atoms with Crippen LogP contribution >= 0.6 is 31.9 Å². The smallest absolute Gasteiger partial charge is 0.324 e. The summed E-state index contributed by atoms with van der Waals surface area (Å²) in [5.41, 5.74) is -2.42. The summed E-state index contributed by atoms with van der Waals surface area (Å²) in [6.45, 7) is -1.35. The lowest BCUT2D eigenvalue weighted by molar-refractivity contribution is -0.193. The van der Waals surface area contributed by atoms with Crippen molar-refractivity contribution in [2.45, 2.75) is 37.9 Å². The second kappa shape index (κ2) is 14.2. The number of nitrogens with two attached hydrogens (primary N) is 1. The van der Waals surface area contributed by atoms with Crippen LogP contribution in [0.15, 0.2) is 82.0 Å². The second-order valence-corrected chi connectivity index (χ2v) is 11.1. The van der Waals surface area contributed by atoms with Crippen molar-refractivity contribution in [3.8, 4) is 0 Å². The van der Waals surface area contributed by atoms with Gasteiger partial charge in [-0.15, -0.1) is 0 Å². The number of hydrogen-bond acceptors (Lipinski definition) is 5. The Balaban J connectivity index is 0.000000300. The van der Waals surface area contributed by atoms with E-state index in [2.05, 4.69) is 41.8 Å². The van der Waals surface area contributed by atoms with Crippen molar-refractivity contribution in [1.29, 1.82) is 0 Å². The molecule has 5 rings (SSSR count). The first-order valence-corrected chi connectivity index (χ1v) is 13.6. The number of hydrogen-bond donors (Lipinski definition) is 2. The minimum atomic E-state index is -3.99. The summed E-state index contributed by atoms with van der Waals surface area (Å²) < 4.78 is 118. The zero-order valence-corrected chi connectivity index (χ0v) is 24.6. The predicted molar refractivity (Wildman–Crippen MR) is 158 cm³/mol. The minimum absolute atomic E-state index is 0. The summed E-state index contributed by atoms with van der Waals surface area (Å²) in [4.78, 5) is 7.18. The molecule has 0 bridgehead atoms. The molecular weight excluding hydrogens is 746 g/mol. The van der Waals surface area contributed by atoms with Gasteiger partial charge in [-0.2, -0.15) is 17.6 Å². The summed E-state index contributed by atoms with van der Waals surface area (Å²) in [6, 6.07) is 9.19. The van der Waals surface area contributed by atoms with Gasteiger partial charge in [0.1, 0.15) is 34.7 Å². The van der Waals surface area contributed by atoms with E-state index in [0.29, 0.717) is 21.1 Å². The van der Waals surface area contributed by atoms with Crippen LogP contribution in [-0.2, 0) is 27.8 Å². The molecule has 244 valence electrons. The third-order valence-corrected chi connectivity index (χ3v) is 7.53. The standard InChI is InChI=1S/C14H11BrF4N2O.C14H8BrF4NO.2CH4/c15-8-1-4-12(21-6-8)14(18,19)13(22,7-20)10-3-2-9(16)5-11(10)17;15-8-1-4-12(20-6-8)14(18,19)13(7-21-13)10-3-2-9(16)5-11(10)17;;/h1-6,22H,7,20H2;1-6H,7H2;2*1H4. The van der Waals surface area contributed by atoms with Crippen LogP contribution in [0.4, 0.5) is 35.1 Å². The molecule has 0 aliphatic carbocycles. The van der Waals surface area contributed by atoms with Crippen LogP contribution in [0.5, 0.6) is 0 Å². The molecule has 1 aliphatic heterocycles. The van der Waals surface area contributed by atoms with Crippen molar-refractivity contribution in [2.24, 2.45) is 5.73 Å². The lowest BCUT2D eigenvalue weighted by atomic mass is 9.85. The van der Waals surface area contributed by atoms with Gasteiger partial charge in [0.2, 0.25) is 0 Å². The number of aromatic nitrogens is 2. The SMILES string of the molecule is C.C.Fc1ccc(C2(C(F)(F)c3ccc(Br)cn3)CO2)c(F)c1.NCC(O)(c1ccc(F)cc1F)C(F)(F)c1ccc(Br)cn1. The van der Waals surface area contributed by atoms with Crippen LogP contribution in [-0.4, -0.2) is 28.2 Å². The van der Waals surface area contributed by atoms with E-state index in [-0.39, 0.29) is 27.0 Å². The highest BCUT2D eigenvalue weighted by atomic mass is 79.9. The van der Waals surface area contributed by atoms with Gasteiger partial charge in [-0.1, -0.05) is 20.9 Å². The van der Waals surface area contributed by atoms with E-state index in [1.54, 1.807) is 0 Å². The lowest BCUT2D eigenvalue weighted by Crippen LogP contribution is -2.50. The topological polar surface area (TPSA) is 84.6 Å². The van der Waals surface area contributed by atoms with Crippen molar-refractivity contribution < 1.29 is 45.0 Å². The molecule has 3 heterocycles. The Morgan fingerprint density at radius 1 is 0.778 bits per heavy atom. The fourth-order valence-electron chi connectivity index (χ4n) is 4.17. The molecule has 4 aromatic rings. The maximum atomic E-state index is 14.6. The molecule has 2 atom stereocenters. The van der Waals surface area contributed by atoms with Gasteiger partial charge in [0.15, 0.2) is 11.2 Å². The van der Waals surface area contributed by atoms with Crippen LogP contribution in [0.3, 0.4) is 0 Å². The normalized spacial score (nSPS) is 17.2. The van der Waals surface area contributed by atoms with Gasteiger partial charge < -0.3 is 15.6 Å². The number of aliphatic hydroxyl groups is 1. The first kappa shape index (κ1) is 38.2. The minimum Gasteiger partial charge on any atom is -0.377 e. The molecule has 45 heavy (non-hydrogen) atoms. The third kappa shape index (κ3) is 7.22. The highest BCUT2D eigenvalue weighted by molar-refractivity contribution is 9.10. The summed E-state index contributed by atoms with van der Waals surface area (Å²) in [5.74, 6) is -11.7. The molecule has 15 heteroatoms. The number of epoxide rings is 1. The molecule has 0 amide bonds. The average Bonchev–Trinajstić information content (AvgIpc) is 3.76. The largest absolute Gasteiger partial charge is 0.377 e. The quantitative estimate of drug-likeness (QED) is 0.146. The second-order valence-electron chi connectivity index (χ2n) is 9.30. The lowest BCUT2D eigenvalue weighted by Gasteiger charge is -2.35. The van der Waals surface area contributed by atoms with Gasteiger partial charge in [0, 0.05) is 51.1 Å².